The zero-order chi connectivity index (χ0) is 13.0. The third-order valence-corrected chi connectivity index (χ3v) is 4.08. The third kappa shape index (κ3) is 1.37. The van der Waals surface area contributed by atoms with Gasteiger partial charge in [0.15, 0.2) is 0 Å². The quantitative estimate of drug-likeness (QED) is 0.540. The van der Waals surface area contributed by atoms with E-state index in [1.165, 1.54) is 38.9 Å². The average Bonchev–Trinajstić information content (AvgIpc) is 2.95. The Hall–Kier alpha value is -2.22. The number of nitrogens with one attached hydrogen (secondary N) is 1. The molecule has 0 saturated heterocycles. The number of aryl methyl sites for hydroxylation is 1. The highest BCUT2D eigenvalue weighted by Gasteiger charge is 2.23. The molecule has 0 spiro atoms. The van der Waals surface area contributed by atoms with Crippen LogP contribution in [0.2, 0.25) is 0 Å². The van der Waals surface area contributed by atoms with Crippen LogP contribution in [0.4, 0.5) is 0 Å². The van der Waals surface area contributed by atoms with Gasteiger partial charge in [-0.05, 0) is 35.7 Å². The maximum absolute atomic E-state index is 5.40. The molecule has 0 fully saturated rings. The van der Waals surface area contributed by atoms with Gasteiger partial charge in [-0.1, -0.05) is 24.3 Å². The monoisotopic (exact) mass is 249 g/mol. The summed E-state index contributed by atoms with van der Waals surface area (Å²) in [6.45, 7) is 2.13. The van der Waals surface area contributed by atoms with Crippen molar-refractivity contribution in [3.8, 4) is 17.0 Å². The van der Waals surface area contributed by atoms with Crippen LogP contribution in [0.1, 0.15) is 16.7 Å². The van der Waals surface area contributed by atoms with Gasteiger partial charge in [-0.2, -0.15) is 0 Å². The molecule has 1 aliphatic rings. The summed E-state index contributed by atoms with van der Waals surface area (Å²) in [5.41, 5.74) is 7.90. The van der Waals surface area contributed by atoms with Gasteiger partial charge < -0.3 is 9.72 Å². The van der Waals surface area contributed by atoms with Gasteiger partial charge in [0.2, 0.25) is 0 Å². The van der Waals surface area contributed by atoms with E-state index in [1.807, 2.05) is 0 Å². The second-order valence-electron chi connectivity index (χ2n) is 5.18. The van der Waals surface area contributed by atoms with E-state index in [2.05, 4.69) is 48.3 Å². The van der Waals surface area contributed by atoms with Gasteiger partial charge in [-0.25, -0.2) is 0 Å². The minimum atomic E-state index is 0.933. The largest absolute Gasteiger partial charge is 0.497 e. The zero-order valence-corrected chi connectivity index (χ0v) is 11.1. The van der Waals surface area contributed by atoms with E-state index in [4.69, 9.17) is 4.74 Å². The zero-order valence-electron chi connectivity index (χ0n) is 11.1. The van der Waals surface area contributed by atoms with E-state index in [0.29, 0.717) is 0 Å². The number of aromatic nitrogens is 1. The number of fused-ring (bicyclic) bond motifs is 5. The van der Waals surface area contributed by atoms with Gasteiger partial charge in [0.05, 0.1) is 12.8 Å². The standard InChI is InChI=1S/C17H15NO/c1-10-7-12(19-2)9-15-14-8-11-5-3-4-6-13(11)17(14)18-16(10)15/h3-7,9,18H,8H2,1-2H3. The Labute approximate surface area is 112 Å². The van der Waals surface area contributed by atoms with Crippen LogP contribution in [0.3, 0.4) is 0 Å². The molecule has 1 heterocycles. The molecular weight excluding hydrogens is 234 g/mol. The number of rotatable bonds is 1. The number of hydrogen-bond acceptors (Lipinski definition) is 1. The first-order valence-electron chi connectivity index (χ1n) is 6.55. The molecule has 0 radical (unpaired) electrons. The lowest BCUT2D eigenvalue weighted by Gasteiger charge is -2.04. The first-order valence-corrected chi connectivity index (χ1v) is 6.55. The molecule has 3 aromatic rings. The smallest absolute Gasteiger partial charge is 0.119 e. The first kappa shape index (κ1) is 10.7. The molecule has 0 saturated carbocycles. The van der Waals surface area contributed by atoms with Crippen molar-refractivity contribution in [1.82, 2.24) is 4.98 Å². The molecule has 2 heteroatoms. The van der Waals surface area contributed by atoms with Crippen molar-refractivity contribution in [2.75, 3.05) is 7.11 Å². The number of ether oxygens (including phenoxy) is 1. The van der Waals surface area contributed by atoms with Crippen LogP contribution in [0.5, 0.6) is 5.75 Å². The summed E-state index contributed by atoms with van der Waals surface area (Å²) in [6.07, 6.45) is 1.01. The average molecular weight is 249 g/mol. The summed E-state index contributed by atoms with van der Waals surface area (Å²) in [7, 11) is 1.72. The molecule has 2 nitrogen and oxygen atoms in total. The fourth-order valence-electron chi connectivity index (χ4n) is 3.13. The topological polar surface area (TPSA) is 25.0 Å². The SMILES string of the molecule is COc1cc(C)c2[nH]c3c(c2c1)Cc1ccccc1-3. The van der Waals surface area contributed by atoms with E-state index in [1.54, 1.807) is 7.11 Å². The summed E-state index contributed by atoms with van der Waals surface area (Å²) in [4.78, 5) is 3.60. The normalized spacial score (nSPS) is 12.5. The van der Waals surface area contributed by atoms with Crippen molar-refractivity contribution in [2.24, 2.45) is 0 Å². The molecular formula is C17H15NO. The lowest BCUT2D eigenvalue weighted by atomic mass is 10.1. The van der Waals surface area contributed by atoms with Crippen molar-refractivity contribution in [1.29, 1.82) is 0 Å². The molecule has 1 aliphatic carbocycles. The van der Waals surface area contributed by atoms with Crippen molar-refractivity contribution >= 4 is 10.9 Å². The minimum Gasteiger partial charge on any atom is -0.497 e. The van der Waals surface area contributed by atoms with E-state index >= 15 is 0 Å². The Bertz CT molecular complexity index is 798. The summed E-state index contributed by atoms with van der Waals surface area (Å²) >= 11 is 0. The second-order valence-corrected chi connectivity index (χ2v) is 5.18. The highest BCUT2D eigenvalue weighted by atomic mass is 16.5. The summed E-state index contributed by atoms with van der Waals surface area (Å²) in [5, 5.41) is 1.29. The predicted molar refractivity (Wildman–Crippen MR) is 77.8 cm³/mol. The molecule has 0 amide bonds. The van der Waals surface area contributed by atoms with Crippen LogP contribution in [0, 0.1) is 6.92 Å². The molecule has 0 bridgehead atoms. The predicted octanol–water partition coefficient (Wildman–Crippen LogP) is 4.06. The van der Waals surface area contributed by atoms with E-state index in [0.717, 1.165) is 12.2 Å². The molecule has 4 rings (SSSR count). The van der Waals surface area contributed by atoms with Crippen LogP contribution >= 0.6 is 0 Å². The Morgan fingerprint density at radius 1 is 1.16 bits per heavy atom. The Morgan fingerprint density at radius 3 is 2.84 bits per heavy atom. The Morgan fingerprint density at radius 2 is 2.00 bits per heavy atom. The maximum atomic E-state index is 5.40. The second kappa shape index (κ2) is 3.64. The molecule has 19 heavy (non-hydrogen) atoms. The number of methoxy groups -OCH3 is 1. The lowest BCUT2D eigenvalue weighted by Crippen LogP contribution is -1.87. The molecule has 0 aliphatic heterocycles. The highest BCUT2D eigenvalue weighted by molar-refractivity contribution is 5.96. The number of hydrogen-bond donors (Lipinski definition) is 1. The van der Waals surface area contributed by atoms with Gasteiger partial charge in [-0.15, -0.1) is 0 Å². The summed E-state index contributed by atoms with van der Waals surface area (Å²) < 4.78 is 5.40. The highest BCUT2D eigenvalue weighted by Crippen LogP contribution is 2.41. The number of H-pyrrole nitrogens is 1. The van der Waals surface area contributed by atoms with E-state index in [9.17, 15) is 0 Å². The van der Waals surface area contributed by atoms with Gasteiger partial charge in [0, 0.05) is 22.9 Å². The molecule has 94 valence electrons. The van der Waals surface area contributed by atoms with Crippen LogP contribution in [-0.2, 0) is 6.42 Å². The van der Waals surface area contributed by atoms with E-state index < -0.39 is 0 Å². The van der Waals surface area contributed by atoms with Gasteiger partial charge >= 0.3 is 0 Å². The molecule has 0 atom stereocenters. The van der Waals surface area contributed by atoms with Crippen molar-refractivity contribution in [2.45, 2.75) is 13.3 Å². The Kier molecular flexibility index (Phi) is 2.05. The molecule has 2 aromatic carbocycles. The van der Waals surface area contributed by atoms with Crippen LogP contribution < -0.4 is 4.74 Å². The minimum absolute atomic E-state index is 0.933. The van der Waals surface area contributed by atoms with Gasteiger partial charge in [-0.3, -0.25) is 0 Å². The summed E-state index contributed by atoms with van der Waals surface area (Å²) in [5.74, 6) is 0.933. The maximum Gasteiger partial charge on any atom is 0.119 e. The van der Waals surface area contributed by atoms with Crippen LogP contribution in [0.15, 0.2) is 36.4 Å². The van der Waals surface area contributed by atoms with Crippen molar-refractivity contribution < 1.29 is 4.74 Å². The fourth-order valence-corrected chi connectivity index (χ4v) is 3.13. The third-order valence-electron chi connectivity index (χ3n) is 4.08. The summed E-state index contributed by atoms with van der Waals surface area (Å²) in [6, 6.07) is 12.8. The van der Waals surface area contributed by atoms with Gasteiger partial charge in [0.1, 0.15) is 5.75 Å². The van der Waals surface area contributed by atoms with Gasteiger partial charge in [0.25, 0.3) is 0 Å². The van der Waals surface area contributed by atoms with Crippen LogP contribution in [-0.4, -0.2) is 12.1 Å². The van der Waals surface area contributed by atoms with Crippen molar-refractivity contribution in [3.63, 3.8) is 0 Å². The first-order chi connectivity index (χ1) is 9.28. The molecule has 1 N–H and O–H groups in total. The number of benzene rings is 2. The number of aromatic amines is 1. The van der Waals surface area contributed by atoms with Crippen LogP contribution in [0.25, 0.3) is 22.2 Å². The fraction of sp³-hybridized carbons (Fsp3) is 0.176. The van der Waals surface area contributed by atoms with Crippen molar-refractivity contribution in [3.05, 3.63) is 53.1 Å². The Balaban J connectivity index is 2.06. The van der Waals surface area contributed by atoms with E-state index in [-0.39, 0.29) is 0 Å². The molecule has 0 unspecified atom stereocenters. The lowest BCUT2D eigenvalue weighted by molar-refractivity contribution is 0.415. The molecule has 1 aromatic heterocycles.